The fraction of sp³-hybridized carbons (Fsp3) is 0.619. The van der Waals surface area contributed by atoms with E-state index in [1.54, 1.807) is 0 Å². The van der Waals surface area contributed by atoms with Crippen molar-refractivity contribution in [3.8, 4) is 0 Å². The Labute approximate surface area is 156 Å². The Hall–Kier alpha value is -1.88. The van der Waals surface area contributed by atoms with Crippen molar-refractivity contribution < 1.29 is 9.59 Å². The number of benzene rings is 1. The minimum atomic E-state index is -0.0774. The first-order chi connectivity index (χ1) is 12.4. The van der Waals surface area contributed by atoms with Crippen molar-refractivity contribution >= 4 is 11.8 Å². The summed E-state index contributed by atoms with van der Waals surface area (Å²) in [6.45, 7) is 11.1. The van der Waals surface area contributed by atoms with Crippen LogP contribution in [0.5, 0.6) is 0 Å². The number of carbonyl (C=O) groups is 2. The zero-order valence-electron chi connectivity index (χ0n) is 16.4. The number of likely N-dealkylation sites (tertiary alicyclic amines) is 1. The monoisotopic (exact) mass is 357 g/mol. The quantitative estimate of drug-likeness (QED) is 0.884. The van der Waals surface area contributed by atoms with Gasteiger partial charge in [-0.25, -0.2) is 0 Å². The Morgan fingerprint density at radius 2 is 1.77 bits per heavy atom. The van der Waals surface area contributed by atoms with Crippen LogP contribution in [-0.2, 0) is 4.79 Å². The molecule has 2 aliphatic heterocycles. The third-order valence-electron chi connectivity index (χ3n) is 5.84. The van der Waals surface area contributed by atoms with Crippen LogP contribution < -0.4 is 5.32 Å². The number of hydrogen-bond acceptors (Lipinski definition) is 3. The van der Waals surface area contributed by atoms with Crippen molar-refractivity contribution in [1.82, 2.24) is 15.1 Å². The highest BCUT2D eigenvalue weighted by atomic mass is 16.2. The summed E-state index contributed by atoms with van der Waals surface area (Å²) >= 11 is 0. The van der Waals surface area contributed by atoms with Gasteiger partial charge in [-0.2, -0.15) is 0 Å². The Morgan fingerprint density at radius 3 is 2.46 bits per heavy atom. The lowest BCUT2D eigenvalue weighted by Crippen LogP contribution is -2.59. The number of nitrogens with zero attached hydrogens (tertiary/aromatic N) is 2. The highest BCUT2D eigenvalue weighted by molar-refractivity contribution is 5.95. The summed E-state index contributed by atoms with van der Waals surface area (Å²) in [6.07, 6.45) is 1.77. The van der Waals surface area contributed by atoms with E-state index >= 15 is 0 Å². The summed E-state index contributed by atoms with van der Waals surface area (Å²) in [4.78, 5) is 29.9. The maximum atomic E-state index is 13.1. The van der Waals surface area contributed by atoms with Crippen LogP contribution in [0.3, 0.4) is 0 Å². The lowest BCUT2D eigenvalue weighted by atomic mass is 9.94. The number of rotatable bonds is 2. The molecular weight excluding hydrogens is 326 g/mol. The molecule has 3 atom stereocenters. The largest absolute Gasteiger partial charge is 0.338 e. The van der Waals surface area contributed by atoms with Crippen LogP contribution in [0.15, 0.2) is 18.2 Å². The fourth-order valence-electron chi connectivity index (χ4n) is 4.25. The van der Waals surface area contributed by atoms with Gasteiger partial charge in [0.25, 0.3) is 5.91 Å². The van der Waals surface area contributed by atoms with Crippen LogP contribution in [0.25, 0.3) is 0 Å². The normalized spacial score (nSPS) is 26.7. The maximum Gasteiger partial charge on any atom is 0.253 e. The molecule has 2 heterocycles. The van der Waals surface area contributed by atoms with E-state index in [9.17, 15) is 9.59 Å². The van der Waals surface area contributed by atoms with Gasteiger partial charge >= 0.3 is 0 Å². The SMILES string of the molecule is Cc1cc(C)cc(C(=O)N2CCCC(C(=O)N3CCNC(C)C3C)C2)c1. The molecule has 3 unspecified atom stereocenters. The minimum absolute atomic E-state index is 0.0519. The summed E-state index contributed by atoms with van der Waals surface area (Å²) in [6, 6.07) is 6.47. The van der Waals surface area contributed by atoms with E-state index in [1.165, 1.54) is 0 Å². The number of piperidine rings is 1. The van der Waals surface area contributed by atoms with Crippen LogP contribution in [-0.4, -0.2) is 59.9 Å². The molecule has 0 radical (unpaired) electrons. The van der Waals surface area contributed by atoms with Crippen LogP contribution in [0.1, 0.15) is 48.2 Å². The van der Waals surface area contributed by atoms with E-state index < -0.39 is 0 Å². The van der Waals surface area contributed by atoms with Crippen molar-refractivity contribution in [2.24, 2.45) is 5.92 Å². The predicted molar refractivity (Wildman–Crippen MR) is 103 cm³/mol. The molecular formula is C21H31N3O2. The molecule has 0 saturated carbocycles. The Balaban J connectivity index is 1.70. The second-order valence-electron chi connectivity index (χ2n) is 7.98. The summed E-state index contributed by atoms with van der Waals surface area (Å²) in [5.74, 6) is 0.186. The fourth-order valence-corrected chi connectivity index (χ4v) is 4.25. The minimum Gasteiger partial charge on any atom is -0.338 e. The van der Waals surface area contributed by atoms with Crippen molar-refractivity contribution in [1.29, 1.82) is 0 Å². The van der Waals surface area contributed by atoms with E-state index in [1.807, 2.05) is 35.8 Å². The first kappa shape index (κ1) is 18.9. The van der Waals surface area contributed by atoms with Gasteiger partial charge in [-0.3, -0.25) is 9.59 Å². The number of amides is 2. The average molecular weight is 357 g/mol. The molecule has 5 nitrogen and oxygen atoms in total. The number of aryl methyl sites for hydroxylation is 2. The average Bonchev–Trinajstić information content (AvgIpc) is 2.62. The second-order valence-corrected chi connectivity index (χ2v) is 7.98. The van der Waals surface area contributed by atoms with E-state index in [0.717, 1.165) is 49.2 Å². The van der Waals surface area contributed by atoms with Crippen molar-refractivity contribution in [3.63, 3.8) is 0 Å². The van der Waals surface area contributed by atoms with E-state index in [-0.39, 0.29) is 23.8 Å². The van der Waals surface area contributed by atoms with Gasteiger partial charge < -0.3 is 15.1 Å². The lowest BCUT2D eigenvalue weighted by Gasteiger charge is -2.42. The zero-order chi connectivity index (χ0) is 18.8. The van der Waals surface area contributed by atoms with E-state index in [2.05, 4.69) is 25.2 Å². The molecule has 3 rings (SSSR count). The number of nitrogens with one attached hydrogen (secondary N) is 1. The molecule has 1 aromatic rings. The van der Waals surface area contributed by atoms with Crippen LogP contribution in [0, 0.1) is 19.8 Å². The number of carbonyl (C=O) groups excluding carboxylic acids is 2. The van der Waals surface area contributed by atoms with Crippen LogP contribution in [0.4, 0.5) is 0 Å². The van der Waals surface area contributed by atoms with Gasteiger partial charge in [-0.1, -0.05) is 17.2 Å². The molecule has 26 heavy (non-hydrogen) atoms. The smallest absolute Gasteiger partial charge is 0.253 e. The number of piperazine rings is 1. The van der Waals surface area contributed by atoms with Gasteiger partial charge in [0.1, 0.15) is 0 Å². The van der Waals surface area contributed by atoms with E-state index in [0.29, 0.717) is 12.6 Å². The molecule has 2 aliphatic rings. The highest BCUT2D eigenvalue weighted by Gasteiger charge is 2.35. The molecule has 0 aliphatic carbocycles. The van der Waals surface area contributed by atoms with Gasteiger partial charge in [0.2, 0.25) is 5.91 Å². The van der Waals surface area contributed by atoms with Crippen molar-refractivity contribution in [3.05, 3.63) is 34.9 Å². The van der Waals surface area contributed by atoms with Gasteiger partial charge in [-0.05, 0) is 52.7 Å². The summed E-state index contributed by atoms with van der Waals surface area (Å²) < 4.78 is 0. The van der Waals surface area contributed by atoms with Crippen molar-refractivity contribution in [2.45, 2.75) is 52.6 Å². The molecule has 2 amide bonds. The topological polar surface area (TPSA) is 52.7 Å². The van der Waals surface area contributed by atoms with Crippen LogP contribution >= 0.6 is 0 Å². The maximum absolute atomic E-state index is 13.1. The summed E-state index contributed by atoms with van der Waals surface area (Å²) in [5, 5.41) is 3.42. The standard InChI is InChI=1S/C21H31N3O2/c1-14-10-15(2)12-19(11-14)20(25)23-8-5-6-18(13-23)21(26)24-9-7-22-16(3)17(24)4/h10-12,16-18,22H,5-9,13H2,1-4H3. The second kappa shape index (κ2) is 7.78. The highest BCUT2D eigenvalue weighted by Crippen LogP contribution is 2.23. The third kappa shape index (κ3) is 3.93. The van der Waals surface area contributed by atoms with E-state index in [4.69, 9.17) is 0 Å². The van der Waals surface area contributed by atoms with Gasteiger partial charge in [0, 0.05) is 43.8 Å². The molecule has 5 heteroatoms. The zero-order valence-corrected chi connectivity index (χ0v) is 16.4. The molecule has 1 aromatic carbocycles. The third-order valence-corrected chi connectivity index (χ3v) is 5.84. The summed E-state index contributed by atoms with van der Waals surface area (Å²) in [5.41, 5.74) is 2.93. The van der Waals surface area contributed by atoms with Gasteiger partial charge in [0.15, 0.2) is 0 Å². The first-order valence-corrected chi connectivity index (χ1v) is 9.78. The first-order valence-electron chi connectivity index (χ1n) is 9.78. The molecule has 0 spiro atoms. The molecule has 0 aromatic heterocycles. The van der Waals surface area contributed by atoms with Crippen molar-refractivity contribution in [2.75, 3.05) is 26.2 Å². The van der Waals surface area contributed by atoms with Gasteiger partial charge in [0.05, 0.1) is 5.92 Å². The number of hydrogen-bond donors (Lipinski definition) is 1. The predicted octanol–water partition coefficient (Wildman–Crippen LogP) is 2.36. The molecule has 0 bridgehead atoms. The molecule has 2 saturated heterocycles. The molecule has 2 fully saturated rings. The molecule has 142 valence electrons. The molecule has 1 N–H and O–H groups in total. The summed E-state index contributed by atoms with van der Waals surface area (Å²) in [7, 11) is 0. The Kier molecular flexibility index (Phi) is 5.66. The van der Waals surface area contributed by atoms with Crippen LogP contribution in [0.2, 0.25) is 0 Å². The lowest BCUT2D eigenvalue weighted by molar-refractivity contribution is -0.140. The Morgan fingerprint density at radius 1 is 1.08 bits per heavy atom. The Bertz CT molecular complexity index is 668. The van der Waals surface area contributed by atoms with Gasteiger partial charge in [-0.15, -0.1) is 0 Å².